The molecule has 10 atom stereocenters. The molecule has 0 unspecified atom stereocenters. The summed E-state index contributed by atoms with van der Waals surface area (Å²) in [5.41, 5.74) is 0. The lowest BCUT2D eigenvalue weighted by atomic mass is 9.96. The van der Waals surface area contributed by atoms with Crippen molar-refractivity contribution >= 4 is 29.7 Å². The van der Waals surface area contributed by atoms with Crippen LogP contribution in [-0.4, -0.2) is 132 Å². The van der Waals surface area contributed by atoms with Gasteiger partial charge in [-0.2, -0.15) is 0 Å². The van der Waals surface area contributed by atoms with E-state index in [1.165, 1.54) is 34.6 Å². The van der Waals surface area contributed by atoms with Crippen LogP contribution < -0.4 is 10.6 Å². The zero-order valence-corrected chi connectivity index (χ0v) is 27.1. The molecule has 2 aliphatic heterocycles. The molecule has 2 fully saturated rings. The molecular formula is C29H52N2O15. The topological polar surface area (TPSA) is 235 Å². The first-order chi connectivity index (χ1) is 20.9. The van der Waals surface area contributed by atoms with Crippen LogP contribution >= 0.6 is 0 Å². The minimum absolute atomic E-state index is 0. The monoisotopic (exact) mass is 668 g/mol. The van der Waals surface area contributed by atoms with Crippen LogP contribution in [0.25, 0.3) is 0 Å². The molecular weight excluding hydrogens is 616 g/mol. The van der Waals surface area contributed by atoms with Gasteiger partial charge in [0.05, 0.1) is 18.8 Å². The summed E-state index contributed by atoms with van der Waals surface area (Å²) in [6.45, 7) is 12.5. The molecule has 0 aliphatic carbocycles. The summed E-state index contributed by atoms with van der Waals surface area (Å²) in [6, 6.07) is -1.81. The Morgan fingerprint density at radius 1 is 0.674 bits per heavy atom. The lowest BCUT2D eigenvalue weighted by molar-refractivity contribution is -0.285. The van der Waals surface area contributed by atoms with Crippen molar-refractivity contribution in [3.05, 3.63) is 0 Å². The van der Waals surface area contributed by atoms with Crippen molar-refractivity contribution in [3.8, 4) is 0 Å². The van der Waals surface area contributed by atoms with Crippen LogP contribution in [0.5, 0.6) is 0 Å². The second kappa shape index (κ2) is 20.3. The molecule has 268 valence electrons. The van der Waals surface area contributed by atoms with E-state index in [9.17, 15) is 34.2 Å². The Kier molecular flexibility index (Phi) is 19.0. The third-order valence-corrected chi connectivity index (χ3v) is 6.13. The highest BCUT2D eigenvalue weighted by Gasteiger charge is 2.51. The van der Waals surface area contributed by atoms with E-state index >= 15 is 0 Å². The smallest absolute Gasteiger partial charge is 0.303 e. The molecule has 2 heterocycles. The average Bonchev–Trinajstić information content (AvgIpc) is 2.89. The number of aliphatic hydroxyl groups is 3. The highest BCUT2D eigenvalue weighted by atomic mass is 16.7. The Balaban J connectivity index is 0.000000929. The molecule has 2 aliphatic rings. The summed E-state index contributed by atoms with van der Waals surface area (Å²) >= 11 is 0. The van der Waals surface area contributed by atoms with Gasteiger partial charge in [0.2, 0.25) is 11.8 Å². The van der Waals surface area contributed by atoms with Crippen LogP contribution in [0, 0.1) is 0 Å². The van der Waals surface area contributed by atoms with Gasteiger partial charge < -0.3 is 59.1 Å². The summed E-state index contributed by atoms with van der Waals surface area (Å²) in [5.74, 6) is -2.65. The van der Waals surface area contributed by atoms with Crippen LogP contribution in [0.15, 0.2) is 0 Å². The number of rotatable bonds is 11. The molecule has 0 radical (unpaired) electrons. The van der Waals surface area contributed by atoms with Crippen molar-refractivity contribution < 1.29 is 72.5 Å². The number of hydrogen-bond donors (Lipinski definition) is 5. The summed E-state index contributed by atoms with van der Waals surface area (Å²) in [7, 11) is 0. The van der Waals surface area contributed by atoms with Crippen molar-refractivity contribution in [2.24, 2.45) is 0 Å². The van der Waals surface area contributed by atoms with E-state index in [1.54, 1.807) is 27.7 Å². The van der Waals surface area contributed by atoms with Gasteiger partial charge in [-0.25, -0.2) is 0 Å². The molecule has 0 aromatic rings. The molecule has 2 rings (SSSR count). The van der Waals surface area contributed by atoms with Crippen LogP contribution in [0.4, 0.5) is 0 Å². The number of carbonyl (C=O) groups is 5. The molecule has 0 aromatic carbocycles. The largest absolute Gasteiger partial charge is 0.463 e. The highest BCUT2D eigenvalue weighted by molar-refractivity contribution is 5.74. The second-order valence-corrected chi connectivity index (χ2v) is 11.0. The molecule has 5 N–H and O–H groups in total. The summed E-state index contributed by atoms with van der Waals surface area (Å²) in [5, 5.41) is 33.8. The number of ether oxygens (including phenoxy) is 7. The minimum Gasteiger partial charge on any atom is -0.463 e. The fraction of sp³-hybridized carbons (Fsp3) is 0.828. The van der Waals surface area contributed by atoms with Gasteiger partial charge in [0.25, 0.3) is 0 Å². The lowest BCUT2D eigenvalue weighted by Gasteiger charge is -2.45. The minimum atomic E-state index is -1.28. The number of nitrogens with one attached hydrogen (secondary N) is 2. The summed E-state index contributed by atoms with van der Waals surface area (Å²) < 4.78 is 37.9. The first-order valence-electron chi connectivity index (χ1n) is 14.5. The Bertz CT molecular complexity index is 994. The van der Waals surface area contributed by atoms with Crippen LogP contribution in [0.1, 0.15) is 69.7 Å². The highest BCUT2D eigenvalue weighted by Crippen LogP contribution is 2.28. The van der Waals surface area contributed by atoms with Crippen molar-refractivity contribution in [2.75, 3.05) is 13.2 Å². The molecule has 0 aromatic heterocycles. The number of esters is 3. The Morgan fingerprint density at radius 3 is 1.52 bits per heavy atom. The van der Waals surface area contributed by atoms with Gasteiger partial charge in [-0.3, -0.25) is 24.0 Å². The molecule has 0 spiro atoms. The Hall–Kier alpha value is -2.93. The number of hydrogen-bond acceptors (Lipinski definition) is 15. The summed E-state index contributed by atoms with van der Waals surface area (Å²) in [4.78, 5) is 57.1. The number of carbonyl (C=O) groups excluding carboxylic acids is 5. The molecule has 0 saturated carbocycles. The quantitative estimate of drug-likeness (QED) is 0.132. The van der Waals surface area contributed by atoms with Gasteiger partial charge in [-0.15, -0.1) is 0 Å². The Labute approximate surface area is 269 Å². The van der Waals surface area contributed by atoms with Crippen LogP contribution in [-0.2, 0) is 57.1 Å². The van der Waals surface area contributed by atoms with Gasteiger partial charge in [0, 0.05) is 34.6 Å². The molecule has 46 heavy (non-hydrogen) atoms. The number of aliphatic hydroxyl groups excluding tert-OH is 3. The van der Waals surface area contributed by atoms with Crippen molar-refractivity contribution in [1.29, 1.82) is 0 Å². The molecule has 0 bridgehead atoms. The fourth-order valence-electron chi connectivity index (χ4n) is 4.53. The van der Waals surface area contributed by atoms with E-state index in [0.29, 0.717) is 0 Å². The van der Waals surface area contributed by atoms with Crippen LogP contribution in [0.3, 0.4) is 0 Å². The van der Waals surface area contributed by atoms with Crippen LogP contribution in [0.2, 0.25) is 0 Å². The lowest BCUT2D eigenvalue weighted by Crippen LogP contribution is -2.66. The maximum atomic E-state index is 11.7. The van der Waals surface area contributed by atoms with Gasteiger partial charge in [0.1, 0.15) is 43.1 Å². The Morgan fingerprint density at radius 2 is 1.11 bits per heavy atom. The van der Waals surface area contributed by atoms with Crippen molar-refractivity contribution in [3.63, 3.8) is 0 Å². The van der Waals surface area contributed by atoms with Gasteiger partial charge >= 0.3 is 17.9 Å². The van der Waals surface area contributed by atoms with E-state index in [2.05, 4.69) is 10.6 Å². The first-order valence-corrected chi connectivity index (χ1v) is 14.5. The normalized spacial score (nSPS) is 30.6. The van der Waals surface area contributed by atoms with E-state index in [-0.39, 0.29) is 32.1 Å². The number of amides is 2. The predicted molar refractivity (Wildman–Crippen MR) is 159 cm³/mol. The van der Waals surface area contributed by atoms with E-state index in [0.717, 1.165) is 0 Å². The first kappa shape index (κ1) is 43.1. The molecule has 17 nitrogen and oxygen atoms in total. The SMILES string of the molecule is C.CC(=O)N[C@H]1[C@H](OC(C)C)O[C@H](CO)[C@H](O)[C@@H]1O.CC(=O)N[C@H]1[C@H](OC(C)C)O[C@H](COC(C)=O)[C@H](OC(C)=O)[C@@H]1OC(C)=O. The van der Waals surface area contributed by atoms with Gasteiger partial charge in [0.15, 0.2) is 24.8 Å². The van der Waals surface area contributed by atoms with Gasteiger partial charge in [-0.1, -0.05) is 7.43 Å². The maximum Gasteiger partial charge on any atom is 0.303 e. The summed E-state index contributed by atoms with van der Waals surface area (Å²) in [6.07, 6.45) is -9.07. The van der Waals surface area contributed by atoms with Crippen molar-refractivity contribution in [1.82, 2.24) is 10.6 Å². The van der Waals surface area contributed by atoms with E-state index in [4.69, 9.17) is 38.3 Å². The predicted octanol–water partition coefficient (Wildman–Crippen LogP) is -0.941. The van der Waals surface area contributed by atoms with Crippen molar-refractivity contribution in [2.45, 2.75) is 143 Å². The van der Waals surface area contributed by atoms with E-state index in [1.807, 2.05) is 0 Å². The molecule has 2 amide bonds. The zero-order valence-electron chi connectivity index (χ0n) is 27.1. The zero-order chi connectivity index (χ0) is 34.6. The van der Waals surface area contributed by atoms with E-state index < -0.39 is 91.7 Å². The maximum absolute atomic E-state index is 11.7. The fourth-order valence-corrected chi connectivity index (χ4v) is 4.53. The second-order valence-electron chi connectivity index (χ2n) is 11.0. The third kappa shape index (κ3) is 14.2. The third-order valence-electron chi connectivity index (χ3n) is 6.13. The standard InChI is InChI=1S/C17H27NO9.C11H21NO6.CH4/c1-8(2)24-17-14(18-9(3)19)16(26-12(6)22)15(25-11(5)21)13(27-17)7-23-10(4)20;1-5(2)17-11-8(12-6(3)14)10(16)9(15)7(4-13)18-11;/h8,13-17H,7H2,1-6H3,(H,18,19);5,7-11,13,15-16H,4H2,1-3H3,(H,12,14);1H4/t13-,14-,15+,16-,17-;7-,8-,9+,10-,11-;/m11./s1. The van der Waals surface area contributed by atoms with Gasteiger partial charge in [-0.05, 0) is 27.7 Å². The molecule has 17 heteroatoms. The average molecular weight is 669 g/mol. The molecule has 2 saturated heterocycles.